The zero-order chi connectivity index (χ0) is 17.5. The fourth-order valence-electron chi connectivity index (χ4n) is 2.05. The predicted molar refractivity (Wildman–Crippen MR) is 96.7 cm³/mol. The molecule has 124 valence electrons. The zero-order valence-corrected chi connectivity index (χ0v) is 14.8. The highest BCUT2D eigenvalue weighted by Crippen LogP contribution is 2.28. The third-order valence-corrected chi connectivity index (χ3v) is 3.73. The molecule has 24 heavy (non-hydrogen) atoms. The second-order valence-corrected chi connectivity index (χ2v) is 5.70. The molecule has 0 spiro atoms. The zero-order valence-electron chi connectivity index (χ0n) is 13.2. The van der Waals surface area contributed by atoms with Crippen molar-refractivity contribution in [3.63, 3.8) is 0 Å². The van der Waals surface area contributed by atoms with Crippen LogP contribution >= 0.6 is 15.9 Å². The summed E-state index contributed by atoms with van der Waals surface area (Å²) in [6.07, 6.45) is 3.73. The number of hydrogen-bond acceptors (Lipinski definition) is 4. The van der Waals surface area contributed by atoms with Crippen LogP contribution in [0.1, 0.15) is 15.9 Å². The average Bonchev–Trinajstić information content (AvgIpc) is 2.61. The molecule has 0 heterocycles. The maximum atomic E-state index is 12.0. The minimum atomic E-state index is -0.338. The number of amides is 1. The molecular formula is C18H16BrNO4. The van der Waals surface area contributed by atoms with Gasteiger partial charge in [-0.3, -0.25) is 9.59 Å². The molecule has 0 fully saturated rings. The lowest BCUT2D eigenvalue weighted by molar-refractivity contribution is -0.111. The first-order valence-corrected chi connectivity index (χ1v) is 7.82. The van der Waals surface area contributed by atoms with Gasteiger partial charge in [0.15, 0.2) is 17.8 Å². The molecular weight excluding hydrogens is 374 g/mol. The molecule has 1 N–H and O–H groups in total. The number of hydrogen-bond donors (Lipinski definition) is 1. The predicted octanol–water partition coefficient (Wildman–Crippen LogP) is 3.93. The minimum Gasteiger partial charge on any atom is -0.493 e. The quantitative estimate of drug-likeness (QED) is 0.600. The van der Waals surface area contributed by atoms with E-state index < -0.39 is 0 Å². The maximum Gasteiger partial charge on any atom is 0.248 e. The number of anilines is 1. The lowest BCUT2D eigenvalue weighted by Gasteiger charge is -2.08. The molecule has 1 amide bonds. The second-order valence-electron chi connectivity index (χ2n) is 4.79. The SMILES string of the molecule is COc1ccc(/C=C/C(=O)Nc2ccc(Br)cc2C=O)cc1OC. The van der Waals surface area contributed by atoms with Crippen LogP contribution in [0.3, 0.4) is 0 Å². The van der Waals surface area contributed by atoms with Gasteiger partial charge in [0.2, 0.25) is 5.91 Å². The molecule has 0 saturated heterocycles. The van der Waals surface area contributed by atoms with Crippen LogP contribution < -0.4 is 14.8 Å². The number of nitrogens with one attached hydrogen (secondary N) is 1. The number of aldehydes is 1. The van der Waals surface area contributed by atoms with Gasteiger partial charge in [0.05, 0.1) is 19.9 Å². The number of methoxy groups -OCH3 is 2. The Bertz CT molecular complexity index is 787. The summed E-state index contributed by atoms with van der Waals surface area (Å²) in [4.78, 5) is 23.1. The molecule has 0 aliphatic carbocycles. The van der Waals surface area contributed by atoms with Crippen LogP contribution in [-0.2, 0) is 4.79 Å². The van der Waals surface area contributed by atoms with Crippen molar-refractivity contribution < 1.29 is 19.1 Å². The molecule has 0 aliphatic heterocycles. The largest absolute Gasteiger partial charge is 0.493 e. The normalized spacial score (nSPS) is 10.5. The van der Waals surface area contributed by atoms with Crippen LogP contribution in [0.25, 0.3) is 6.08 Å². The smallest absolute Gasteiger partial charge is 0.248 e. The highest BCUT2D eigenvalue weighted by molar-refractivity contribution is 9.10. The summed E-state index contributed by atoms with van der Waals surface area (Å²) in [5, 5.41) is 2.68. The Labute approximate surface area is 148 Å². The van der Waals surface area contributed by atoms with Crippen LogP contribution in [0.5, 0.6) is 11.5 Å². The van der Waals surface area contributed by atoms with Gasteiger partial charge < -0.3 is 14.8 Å². The van der Waals surface area contributed by atoms with E-state index in [-0.39, 0.29) is 5.91 Å². The van der Waals surface area contributed by atoms with E-state index in [0.717, 1.165) is 10.0 Å². The summed E-state index contributed by atoms with van der Waals surface area (Å²) in [7, 11) is 3.11. The molecule has 5 nitrogen and oxygen atoms in total. The van der Waals surface area contributed by atoms with E-state index >= 15 is 0 Å². The third kappa shape index (κ3) is 4.45. The van der Waals surface area contributed by atoms with E-state index in [0.29, 0.717) is 29.0 Å². The maximum absolute atomic E-state index is 12.0. The van der Waals surface area contributed by atoms with Crippen LogP contribution in [-0.4, -0.2) is 26.4 Å². The molecule has 2 aromatic carbocycles. The Balaban J connectivity index is 2.12. The average molecular weight is 390 g/mol. The third-order valence-electron chi connectivity index (χ3n) is 3.23. The number of ether oxygens (including phenoxy) is 2. The van der Waals surface area contributed by atoms with E-state index in [4.69, 9.17) is 9.47 Å². The topological polar surface area (TPSA) is 64.6 Å². The standard InChI is InChI=1S/C18H16BrNO4/c1-23-16-7-3-12(9-17(16)24-2)4-8-18(22)20-15-6-5-14(19)10-13(15)11-21/h3-11H,1-2H3,(H,20,22)/b8-4+. The molecule has 0 aromatic heterocycles. The summed E-state index contributed by atoms with van der Waals surface area (Å²) in [6, 6.07) is 10.4. The van der Waals surface area contributed by atoms with Gasteiger partial charge in [-0.1, -0.05) is 22.0 Å². The van der Waals surface area contributed by atoms with E-state index in [1.54, 1.807) is 50.6 Å². The highest BCUT2D eigenvalue weighted by atomic mass is 79.9. The van der Waals surface area contributed by atoms with Crippen molar-refractivity contribution >= 4 is 39.9 Å². The minimum absolute atomic E-state index is 0.338. The van der Waals surface area contributed by atoms with E-state index in [1.165, 1.54) is 6.08 Å². The Morgan fingerprint density at radius 3 is 2.50 bits per heavy atom. The van der Waals surface area contributed by atoms with Gasteiger partial charge in [-0.2, -0.15) is 0 Å². The Kier molecular flexibility index (Phi) is 6.14. The number of carbonyl (C=O) groups excluding carboxylic acids is 2. The number of rotatable bonds is 6. The van der Waals surface area contributed by atoms with Gasteiger partial charge in [0.25, 0.3) is 0 Å². The van der Waals surface area contributed by atoms with Crippen molar-refractivity contribution in [1.29, 1.82) is 0 Å². The lowest BCUT2D eigenvalue weighted by Crippen LogP contribution is -2.09. The molecule has 2 aromatic rings. The summed E-state index contributed by atoms with van der Waals surface area (Å²) in [5.41, 5.74) is 1.64. The molecule has 0 atom stereocenters. The molecule has 2 rings (SSSR count). The Morgan fingerprint density at radius 1 is 1.08 bits per heavy atom. The number of carbonyl (C=O) groups is 2. The van der Waals surface area contributed by atoms with Crippen molar-refractivity contribution in [2.24, 2.45) is 0 Å². The molecule has 6 heteroatoms. The van der Waals surface area contributed by atoms with E-state index in [2.05, 4.69) is 21.2 Å². The van der Waals surface area contributed by atoms with Crippen LogP contribution in [0, 0.1) is 0 Å². The molecule has 0 bridgehead atoms. The van der Waals surface area contributed by atoms with Gasteiger partial charge >= 0.3 is 0 Å². The van der Waals surface area contributed by atoms with Crippen molar-refractivity contribution in [1.82, 2.24) is 0 Å². The first-order chi connectivity index (χ1) is 11.6. The van der Waals surface area contributed by atoms with Crippen molar-refractivity contribution in [3.05, 3.63) is 58.1 Å². The van der Waals surface area contributed by atoms with Gasteiger partial charge in [-0.25, -0.2) is 0 Å². The Hall–Kier alpha value is -2.60. The van der Waals surface area contributed by atoms with Crippen molar-refractivity contribution in [2.45, 2.75) is 0 Å². The summed E-state index contributed by atoms with van der Waals surface area (Å²) in [6.45, 7) is 0. The first kappa shape index (κ1) is 17.7. The molecule has 0 radical (unpaired) electrons. The van der Waals surface area contributed by atoms with Crippen molar-refractivity contribution in [2.75, 3.05) is 19.5 Å². The summed E-state index contributed by atoms with van der Waals surface area (Å²) < 4.78 is 11.2. The van der Waals surface area contributed by atoms with Crippen LogP contribution in [0.2, 0.25) is 0 Å². The van der Waals surface area contributed by atoms with Crippen molar-refractivity contribution in [3.8, 4) is 11.5 Å². The van der Waals surface area contributed by atoms with Gasteiger partial charge in [-0.15, -0.1) is 0 Å². The van der Waals surface area contributed by atoms with E-state index in [9.17, 15) is 9.59 Å². The molecule has 0 aliphatic rings. The van der Waals surface area contributed by atoms with Crippen LogP contribution in [0.4, 0.5) is 5.69 Å². The fourth-order valence-corrected chi connectivity index (χ4v) is 2.43. The number of benzene rings is 2. The van der Waals surface area contributed by atoms with E-state index in [1.807, 2.05) is 6.07 Å². The first-order valence-electron chi connectivity index (χ1n) is 7.03. The monoisotopic (exact) mass is 389 g/mol. The highest BCUT2D eigenvalue weighted by Gasteiger charge is 2.06. The van der Waals surface area contributed by atoms with Crippen LogP contribution in [0.15, 0.2) is 46.9 Å². The molecule has 0 unspecified atom stereocenters. The van der Waals surface area contributed by atoms with Gasteiger partial charge in [-0.05, 0) is 42.0 Å². The lowest BCUT2D eigenvalue weighted by atomic mass is 10.1. The van der Waals surface area contributed by atoms with Gasteiger partial charge in [0, 0.05) is 16.1 Å². The second kappa shape index (κ2) is 8.31. The number of halogens is 1. The fraction of sp³-hybridized carbons (Fsp3) is 0.111. The molecule has 0 saturated carbocycles. The Morgan fingerprint density at radius 2 is 1.83 bits per heavy atom. The summed E-state index contributed by atoms with van der Waals surface area (Å²) in [5.74, 6) is 0.857. The summed E-state index contributed by atoms with van der Waals surface area (Å²) >= 11 is 3.28. The van der Waals surface area contributed by atoms with Gasteiger partial charge in [0.1, 0.15) is 0 Å².